The van der Waals surface area contributed by atoms with Crippen LogP contribution in [0, 0.1) is 13.8 Å². The monoisotopic (exact) mass is 389 g/mol. The maximum Gasteiger partial charge on any atom is 0.388 e. The van der Waals surface area contributed by atoms with Crippen molar-refractivity contribution in [3.05, 3.63) is 52.7 Å². The van der Waals surface area contributed by atoms with Crippen molar-refractivity contribution in [1.29, 1.82) is 0 Å². The molecule has 0 radical (unpaired) electrons. The van der Waals surface area contributed by atoms with Crippen LogP contribution in [0.15, 0.2) is 30.3 Å². The average Bonchev–Trinajstić information content (AvgIpc) is 2.55. The second kappa shape index (κ2) is 7.83. The Morgan fingerprint density at radius 1 is 1.21 bits per heavy atom. The van der Waals surface area contributed by atoms with Crippen LogP contribution in [0.5, 0.6) is 5.88 Å². The van der Waals surface area contributed by atoms with E-state index in [2.05, 4.69) is 40.3 Å². The average molecular weight is 389 g/mol. The van der Waals surface area contributed by atoms with E-state index in [-0.39, 0.29) is 23.4 Å². The summed E-state index contributed by atoms with van der Waals surface area (Å²) in [5.74, 6) is -0.290. The molecule has 0 atom stereocenters. The SMILES string of the molecule is Cc1ccc(C(C)C)c(C2(C(=O)Nc3ccc(C)nc3OC(F)F)CNC2)c1. The van der Waals surface area contributed by atoms with Gasteiger partial charge in [0.2, 0.25) is 11.8 Å². The molecule has 0 saturated carbocycles. The van der Waals surface area contributed by atoms with Crippen LogP contribution < -0.4 is 15.4 Å². The molecule has 0 spiro atoms. The molecule has 3 rings (SSSR count). The zero-order valence-electron chi connectivity index (χ0n) is 16.5. The fourth-order valence-corrected chi connectivity index (χ4v) is 3.48. The summed E-state index contributed by atoms with van der Waals surface area (Å²) in [4.78, 5) is 17.3. The number of alkyl halides is 2. The molecule has 1 saturated heterocycles. The second-order valence-electron chi connectivity index (χ2n) is 7.57. The first kappa shape index (κ1) is 20.2. The molecule has 1 aliphatic heterocycles. The molecule has 2 heterocycles. The highest BCUT2D eigenvalue weighted by Gasteiger charge is 2.47. The Bertz CT molecular complexity index is 880. The third-order valence-corrected chi connectivity index (χ3v) is 5.08. The summed E-state index contributed by atoms with van der Waals surface area (Å²) in [7, 11) is 0. The maximum atomic E-state index is 13.3. The number of halogens is 2. The van der Waals surface area contributed by atoms with Gasteiger partial charge in [-0.1, -0.05) is 37.6 Å². The fourth-order valence-electron chi connectivity index (χ4n) is 3.48. The number of pyridine rings is 1. The van der Waals surface area contributed by atoms with E-state index in [1.165, 1.54) is 6.07 Å². The van der Waals surface area contributed by atoms with Gasteiger partial charge in [0.25, 0.3) is 0 Å². The Labute approximate surface area is 163 Å². The molecule has 0 bridgehead atoms. The molecule has 28 heavy (non-hydrogen) atoms. The van der Waals surface area contributed by atoms with E-state index in [0.717, 1.165) is 16.7 Å². The van der Waals surface area contributed by atoms with Crippen molar-refractivity contribution in [3.8, 4) is 5.88 Å². The predicted molar refractivity (Wildman–Crippen MR) is 104 cm³/mol. The molecule has 5 nitrogen and oxygen atoms in total. The Morgan fingerprint density at radius 3 is 2.50 bits per heavy atom. The number of hydrogen-bond donors (Lipinski definition) is 2. The Morgan fingerprint density at radius 2 is 1.93 bits per heavy atom. The first-order chi connectivity index (χ1) is 13.2. The lowest BCUT2D eigenvalue weighted by Gasteiger charge is -2.43. The zero-order chi connectivity index (χ0) is 20.5. The third-order valence-electron chi connectivity index (χ3n) is 5.08. The molecular weight excluding hydrogens is 364 g/mol. The van der Waals surface area contributed by atoms with Crippen LogP contribution in [0.3, 0.4) is 0 Å². The minimum absolute atomic E-state index is 0.140. The lowest BCUT2D eigenvalue weighted by molar-refractivity contribution is -0.123. The summed E-state index contributed by atoms with van der Waals surface area (Å²) >= 11 is 0. The molecule has 1 aromatic heterocycles. The van der Waals surface area contributed by atoms with Crippen LogP contribution in [-0.2, 0) is 10.2 Å². The Kier molecular flexibility index (Phi) is 5.65. The molecule has 1 fully saturated rings. The highest BCUT2D eigenvalue weighted by molar-refractivity contribution is 6.01. The lowest BCUT2D eigenvalue weighted by Crippen LogP contribution is -2.63. The lowest BCUT2D eigenvalue weighted by atomic mass is 9.70. The third kappa shape index (κ3) is 3.85. The van der Waals surface area contributed by atoms with Gasteiger partial charge in [-0.15, -0.1) is 0 Å². The van der Waals surface area contributed by atoms with Gasteiger partial charge in [-0.25, -0.2) is 4.98 Å². The zero-order valence-corrected chi connectivity index (χ0v) is 16.5. The van der Waals surface area contributed by atoms with E-state index in [4.69, 9.17) is 0 Å². The minimum Gasteiger partial charge on any atom is -0.415 e. The molecule has 1 amide bonds. The van der Waals surface area contributed by atoms with Crippen molar-refractivity contribution < 1.29 is 18.3 Å². The minimum atomic E-state index is -3.02. The standard InChI is InChI=1S/C21H25F2N3O2/c1-12(2)15-7-5-13(3)9-16(15)21(10-24-11-21)19(27)26-17-8-6-14(4)25-18(17)28-20(22)23/h5-9,12,20,24H,10-11H2,1-4H3,(H,26,27). The van der Waals surface area contributed by atoms with Gasteiger partial charge in [0, 0.05) is 18.8 Å². The van der Waals surface area contributed by atoms with E-state index in [1.54, 1.807) is 13.0 Å². The largest absolute Gasteiger partial charge is 0.415 e. The summed E-state index contributed by atoms with van der Waals surface area (Å²) < 4.78 is 30.0. The molecule has 150 valence electrons. The highest BCUT2D eigenvalue weighted by atomic mass is 19.3. The van der Waals surface area contributed by atoms with Gasteiger partial charge in [-0.05, 0) is 43.0 Å². The van der Waals surface area contributed by atoms with Crippen LogP contribution in [0.2, 0.25) is 0 Å². The van der Waals surface area contributed by atoms with Crippen LogP contribution in [0.25, 0.3) is 0 Å². The number of ether oxygens (including phenoxy) is 1. The smallest absolute Gasteiger partial charge is 0.388 e. The number of benzene rings is 1. The molecule has 7 heteroatoms. The van der Waals surface area contributed by atoms with Gasteiger partial charge in [0.1, 0.15) is 5.69 Å². The normalized spacial score (nSPS) is 15.4. The van der Waals surface area contributed by atoms with Gasteiger partial charge in [-0.2, -0.15) is 8.78 Å². The van der Waals surface area contributed by atoms with Gasteiger partial charge < -0.3 is 15.4 Å². The number of rotatable bonds is 6. The molecule has 2 aromatic rings. The van der Waals surface area contributed by atoms with E-state index in [9.17, 15) is 13.6 Å². The van der Waals surface area contributed by atoms with Gasteiger partial charge in [0.15, 0.2) is 0 Å². The predicted octanol–water partition coefficient (Wildman–Crippen LogP) is 3.90. The summed E-state index contributed by atoms with van der Waals surface area (Å²) in [6, 6.07) is 9.32. The molecule has 1 aliphatic rings. The second-order valence-corrected chi connectivity index (χ2v) is 7.57. The first-order valence-electron chi connectivity index (χ1n) is 9.28. The maximum absolute atomic E-state index is 13.3. The number of carbonyl (C=O) groups excluding carboxylic acids is 1. The summed E-state index contributed by atoms with van der Waals surface area (Å²) in [5.41, 5.74) is 3.04. The Balaban J connectivity index is 1.97. The van der Waals surface area contributed by atoms with Crippen molar-refractivity contribution in [2.45, 2.75) is 45.6 Å². The summed E-state index contributed by atoms with van der Waals surface area (Å²) in [6.45, 7) is 5.77. The van der Waals surface area contributed by atoms with Crippen molar-refractivity contribution in [2.24, 2.45) is 0 Å². The van der Waals surface area contributed by atoms with E-state index in [1.807, 2.05) is 19.1 Å². The van der Waals surface area contributed by atoms with Crippen molar-refractivity contribution >= 4 is 11.6 Å². The van der Waals surface area contributed by atoms with Gasteiger partial charge in [0.05, 0.1) is 5.41 Å². The van der Waals surface area contributed by atoms with E-state index >= 15 is 0 Å². The topological polar surface area (TPSA) is 63.2 Å². The number of aromatic nitrogens is 1. The molecule has 1 aromatic carbocycles. The number of amides is 1. The molecule has 0 unspecified atom stereocenters. The van der Waals surface area contributed by atoms with E-state index < -0.39 is 12.0 Å². The number of nitrogens with zero attached hydrogens (tertiary/aromatic N) is 1. The molecule has 2 N–H and O–H groups in total. The van der Waals surface area contributed by atoms with Crippen molar-refractivity contribution in [2.75, 3.05) is 18.4 Å². The number of anilines is 1. The quantitative estimate of drug-likeness (QED) is 0.787. The van der Waals surface area contributed by atoms with Gasteiger partial charge in [-0.3, -0.25) is 4.79 Å². The van der Waals surface area contributed by atoms with Crippen LogP contribution >= 0.6 is 0 Å². The highest BCUT2D eigenvalue weighted by Crippen LogP contribution is 2.37. The van der Waals surface area contributed by atoms with Crippen LogP contribution in [-0.4, -0.2) is 30.6 Å². The Hall–Kier alpha value is -2.54. The molecule has 0 aliphatic carbocycles. The summed E-state index contributed by atoms with van der Waals surface area (Å²) in [6.07, 6.45) is 0. The fraction of sp³-hybridized carbons (Fsp3) is 0.429. The van der Waals surface area contributed by atoms with Crippen LogP contribution in [0.1, 0.15) is 42.1 Å². The van der Waals surface area contributed by atoms with E-state index in [0.29, 0.717) is 18.8 Å². The number of carbonyl (C=O) groups is 1. The van der Waals surface area contributed by atoms with Crippen LogP contribution in [0.4, 0.5) is 14.5 Å². The number of aryl methyl sites for hydroxylation is 2. The number of nitrogens with one attached hydrogen (secondary N) is 2. The molecular formula is C21H25F2N3O2. The number of hydrogen-bond acceptors (Lipinski definition) is 4. The van der Waals surface area contributed by atoms with Crippen molar-refractivity contribution in [1.82, 2.24) is 10.3 Å². The first-order valence-corrected chi connectivity index (χ1v) is 9.28. The summed E-state index contributed by atoms with van der Waals surface area (Å²) in [5, 5.41) is 5.95. The van der Waals surface area contributed by atoms with Crippen molar-refractivity contribution in [3.63, 3.8) is 0 Å². The van der Waals surface area contributed by atoms with Gasteiger partial charge >= 0.3 is 6.61 Å².